The van der Waals surface area contributed by atoms with Crippen molar-refractivity contribution in [3.8, 4) is 5.75 Å². The van der Waals surface area contributed by atoms with Gasteiger partial charge in [0.2, 0.25) is 0 Å². The second-order valence-corrected chi connectivity index (χ2v) is 9.78. The number of benzene rings is 2. The first kappa shape index (κ1) is 25.4. The molecule has 186 valence electrons. The molecule has 10 heteroatoms. The highest BCUT2D eigenvalue weighted by molar-refractivity contribution is 7.07. The molecule has 4 rings (SSSR count). The third-order valence-electron chi connectivity index (χ3n) is 5.31. The predicted molar refractivity (Wildman–Crippen MR) is 136 cm³/mol. The van der Waals surface area contributed by atoms with Crippen LogP contribution in [0.15, 0.2) is 69.6 Å². The highest BCUT2D eigenvalue weighted by Crippen LogP contribution is 2.31. The Labute approximate surface area is 215 Å². The zero-order chi connectivity index (χ0) is 26.0. The average Bonchev–Trinajstić information content (AvgIpc) is 3.12. The summed E-state index contributed by atoms with van der Waals surface area (Å²) in [7, 11) is 0. The van der Waals surface area contributed by atoms with Gasteiger partial charge in [-0.2, -0.15) is 0 Å². The van der Waals surface area contributed by atoms with E-state index in [-0.39, 0.29) is 11.7 Å². The van der Waals surface area contributed by atoms with Crippen molar-refractivity contribution in [1.82, 2.24) is 4.57 Å². The molecule has 0 saturated carbocycles. The quantitative estimate of drug-likeness (QED) is 0.473. The molecule has 1 atom stereocenters. The summed E-state index contributed by atoms with van der Waals surface area (Å²) in [6.07, 6.45) is 1.38. The van der Waals surface area contributed by atoms with Crippen LogP contribution in [0.3, 0.4) is 0 Å². The fraction of sp³-hybridized carbons (Fsp3) is 0.231. The van der Waals surface area contributed by atoms with E-state index in [1.54, 1.807) is 75.4 Å². The molecule has 1 aromatic heterocycles. The Bertz CT molecular complexity index is 1520. The Balaban J connectivity index is 1.81. The standard InChI is InChI=1S/C26H23ClN2O6S/c1-14(2)35-25(33)22-15(3)28-26-29(23(22)17-6-8-18(27)9-7-17)24(32)20(36-26)12-16-4-10-19(11-5-16)34-13-21(30)31/h4-12,14,23H,13H2,1-3H3,(H,30,31)/t23-/m0/s1. The van der Waals surface area contributed by atoms with E-state index >= 15 is 0 Å². The smallest absolute Gasteiger partial charge is 0.341 e. The van der Waals surface area contributed by atoms with Crippen molar-refractivity contribution in [2.24, 2.45) is 4.99 Å². The maximum absolute atomic E-state index is 13.6. The SMILES string of the molecule is CC1=C(C(=O)OC(C)C)[C@H](c2ccc(Cl)cc2)n2c(sc(=Cc3ccc(OCC(=O)O)cc3)c2=O)=N1. The van der Waals surface area contributed by atoms with Crippen LogP contribution in [0.1, 0.15) is 37.9 Å². The minimum absolute atomic E-state index is 0.296. The van der Waals surface area contributed by atoms with Gasteiger partial charge in [0.1, 0.15) is 5.75 Å². The Morgan fingerprint density at radius 3 is 2.44 bits per heavy atom. The minimum Gasteiger partial charge on any atom is -0.482 e. The molecule has 0 spiro atoms. The van der Waals surface area contributed by atoms with Crippen molar-refractivity contribution < 1.29 is 24.2 Å². The number of fused-ring (bicyclic) bond motifs is 1. The summed E-state index contributed by atoms with van der Waals surface area (Å²) in [5.41, 5.74) is 1.91. The molecule has 3 aromatic rings. The molecule has 0 unspecified atom stereocenters. The summed E-state index contributed by atoms with van der Waals surface area (Å²) in [6.45, 7) is 4.81. The van der Waals surface area contributed by atoms with Crippen LogP contribution in [0.2, 0.25) is 5.02 Å². The van der Waals surface area contributed by atoms with Gasteiger partial charge in [0.25, 0.3) is 5.56 Å². The first-order valence-corrected chi connectivity index (χ1v) is 12.3. The molecule has 1 aliphatic heterocycles. The summed E-state index contributed by atoms with van der Waals surface area (Å²) < 4.78 is 12.6. The maximum atomic E-state index is 13.6. The molecule has 0 bridgehead atoms. The van der Waals surface area contributed by atoms with Crippen LogP contribution in [-0.2, 0) is 14.3 Å². The molecule has 0 aliphatic carbocycles. The van der Waals surface area contributed by atoms with Crippen LogP contribution >= 0.6 is 22.9 Å². The first-order chi connectivity index (χ1) is 17.1. The summed E-state index contributed by atoms with van der Waals surface area (Å²) >= 11 is 7.30. The molecular formula is C26H23ClN2O6S. The largest absolute Gasteiger partial charge is 0.482 e. The van der Waals surface area contributed by atoms with Gasteiger partial charge in [0.05, 0.1) is 27.9 Å². The van der Waals surface area contributed by atoms with Crippen molar-refractivity contribution in [3.63, 3.8) is 0 Å². The molecule has 0 fully saturated rings. The van der Waals surface area contributed by atoms with E-state index in [2.05, 4.69) is 4.99 Å². The van der Waals surface area contributed by atoms with E-state index in [1.165, 1.54) is 15.9 Å². The molecule has 0 radical (unpaired) electrons. The van der Waals surface area contributed by atoms with Gasteiger partial charge >= 0.3 is 11.9 Å². The van der Waals surface area contributed by atoms with E-state index in [1.807, 2.05) is 0 Å². The summed E-state index contributed by atoms with van der Waals surface area (Å²) in [4.78, 5) is 42.4. The van der Waals surface area contributed by atoms with Crippen LogP contribution in [0.4, 0.5) is 0 Å². The van der Waals surface area contributed by atoms with Crippen LogP contribution in [-0.4, -0.2) is 34.3 Å². The van der Waals surface area contributed by atoms with Gasteiger partial charge in [0.15, 0.2) is 11.4 Å². The summed E-state index contributed by atoms with van der Waals surface area (Å²) in [5, 5.41) is 9.29. The summed E-state index contributed by atoms with van der Waals surface area (Å²) in [6, 6.07) is 13.0. The van der Waals surface area contributed by atoms with Crippen LogP contribution < -0.4 is 19.6 Å². The van der Waals surface area contributed by atoms with Crippen molar-refractivity contribution in [2.75, 3.05) is 6.61 Å². The Morgan fingerprint density at radius 1 is 1.17 bits per heavy atom. The third kappa shape index (κ3) is 5.42. The monoisotopic (exact) mass is 526 g/mol. The lowest BCUT2D eigenvalue weighted by Crippen LogP contribution is -2.40. The van der Waals surface area contributed by atoms with Crippen LogP contribution in [0.5, 0.6) is 5.75 Å². The highest BCUT2D eigenvalue weighted by Gasteiger charge is 2.33. The lowest BCUT2D eigenvalue weighted by Gasteiger charge is -2.25. The van der Waals surface area contributed by atoms with Gasteiger partial charge in [-0.25, -0.2) is 14.6 Å². The number of rotatable bonds is 7. The number of thiazole rings is 1. The third-order valence-corrected chi connectivity index (χ3v) is 6.55. The van der Waals surface area contributed by atoms with E-state index in [4.69, 9.17) is 26.2 Å². The van der Waals surface area contributed by atoms with Crippen molar-refractivity contribution in [2.45, 2.75) is 32.9 Å². The number of carbonyl (C=O) groups excluding carboxylic acids is 1. The Kier molecular flexibility index (Phi) is 7.42. The summed E-state index contributed by atoms with van der Waals surface area (Å²) in [5.74, 6) is -1.19. The fourth-order valence-electron chi connectivity index (χ4n) is 3.78. The van der Waals surface area contributed by atoms with E-state index in [0.717, 1.165) is 5.56 Å². The zero-order valence-corrected chi connectivity index (χ0v) is 21.3. The number of hydrogen-bond acceptors (Lipinski definition) is 7. The average molecular weight is 527 g/mol. The maximum Gasteiger partial charge on any atom is 0.341 e. The molecule has 1 aliphatic rings. The number of halogens is 1. The fourth-order valence-corrected chi connectivity index (χ4v) is 4.95. The second-order valence-electron chi connectivity index (χ2n) is 8.34. The second kappa shape index (κ2) is 10.5. The first-order valence-electron chi connectivity index (χ1n) is 11.1. The van der Waals surface area contributed by atoms with Crippen molar-refractivity contribution in [1.29, 1.82) is 0 Å². The number of hydrogen-bond donors (Lipinski definition) is 1. The van der Waals surface area contributed by atoms with Gasteiger partial charge < -0.3 is 14.6 Å². The number of carboxylic acid groups (broad SMARTS) is 1. The van der Waals surface area contributed by atoms with E-state index in [9.17, 15) is 14.4 Å². The van der Waals surface area contributed by atoms with E-state index in [0.29, 0.717) is 36.9 Å². The number of carbonyl (C=O) groups is 2. The molecule has 1 N–H and O–H groups in total. The molecule has 8 nitrogen and oxygen atoms in total. The number of aliphatic carboxylic acids is 1. The molecular weight excluding hydrogens is 504 g/mol. The lowest BCUT2D eigenvalue weighted by atomic mass is 9.96. The number of nitrogens with zero attached hydrogens (tertiary/aromatic N) is 2. The number of allylic oxidation sites excluding steroid dienone is 1. The number of aromatic nitrogens is 1. The Hall–Kier alpha value is -3.69. The van der Waals surface area contributed by atoms with Crippen LogP contribution in [0, 0.1) is 0 Å². The van der Waals surface area contributed by atoms with Crippen molar-refractivity contribution in [3.05, 3.63) is 95.6 Å². The van der Waals surface area contributed by atoms with E-state index < -0.39 is 24.6 Å². The number of carboxylic acids is 1. The van der Waals surface area contributed by atoms with Crippen molar-refractivity contribution >= 4 is 41.0 Å². The number of esters is 1. The Morgan fingerprint density at radius 2 is 1.83 bits per heavy atom. The molecule has 2 aromatic carbocycles. The van der Waals surface area contributed by atoms with Gasteiger partial charge in [0, 0.05) is 5.02 Å². The highest BCUT2D eigenvalue weighted by atomic mass is 35.5. The van der Waals surface area contributed by atoms with Gasteiger partial charge in [-0.15, -0.1) is 0 Å². The topological polar surface area (TPSA) is 107 Å². The predicted octanol–water partition coefficient (Wildman–Crippen LogP) is 3.30. The lowest BCUT2D eigenvalue weighted by molar-refractivity contribution is -0.143. The minimum atomic E-state index is -1.07. The normalized spacial score (nSPS) is 15.5. The molecule has 0 amide bonds. The van der Waals surface area contributed by atoms with Gasteiger partial charge in [-0.3, -0.25) is 9.36 Å². The van der Waals surface area contributed by atoms with Crippen LogP contribution in [0.25, 0.3) is 6.08 Å². The number of ether oxygens (including phenoxy) is 2. The van der Waals surface area contributed by atoms with Gasteiger partial charge in [-0.05, 0) is 62.2 Å². The molecule has 2 heterocycles. The molecule has 0 saturated heterocycles. The van der Waals surface area contributed by atoms with Gasteiger partial charge in [-0.1, -0.05) is 47.2 Å². The zero-order valence-electron chi connectivity index (χ0n) is 19.7. The molecule has 36 heavy (non-hydrogen) atoms.